The quantitative estimate of drug-likeness (QED) is 0.888. The second-order valence-corrected chi connectivity index (χ2v) is 8.25. The van der Waals surface area contributed by atoms with Crippen molar-refractivity contribution in [2.45, 2.75) is 31.6 Å². The van der Waals surface area contributed by atoms with Crippen molar-refractivity contribution in [1.29, 1.82) is 0 Å². The average Bonchev–Trinajstić information content (AvgIpc) is 2.71. The number of carbonyl (C=O) groups is 1. The highest BCUT2D eigenvalue weighted by molar-refractivity contribution is 9.10. The topological polar surface area (TPSA) is 87.8 Å². The molecule has 0 saturated carbocycles. The Bertz CT molecular complexity index is 624. The number of aromatic carboxylic acids is 1. The lowest BCUT2D eigenvalue weighted by Gasteiger charge is -2.35. The Kier molecular flexibility index (Phi) is 4.01. The molecule has 1 aromatic rings. The fourth-order valence-electron chi connectivity index (χ4n) is 2.10. The SMILES string of the molecule is CC1(C)CCN(S(=O)(=O)c2cc(C(=O)O)oc2Br)CC1. The van der Waals surface area contributed by atoms with Crippen molar-refractivity contribution in [3.63, 3.8) is 0 Å². The highest BCUT2D eigenvalue weighted by atomic mass is 79.9. The molecule has 1 aliphatic rings. The van der Waals surface area contributed by atoms with Crippen LogP contribution in [0.25, 0.3) is 0 Å². The molecule has 20 heavy (non-hydrogen) atoms. The summed E-state index contributed by atoms with van der Waals surface area (Å²) in [7, 11) is -3.73. The molecule has 112 valence electrons. The first-order valence-electron chi connectivity index (χ1n) is 6.16. The van der Waals surface area contributed by atoms with Crippen molar-refractivity contribution in [2.75, 3.05) is 13.1 Å². The van der Waals surface area contributed by atoms with E-state index in [4.69, 9.17) is 9.52 Å². The predicted octanol–water partition coefficient (Wildman–Crippen LogP) is 2.55. The van der Waals surface area contributed by atoms with Gasteiger partial charge in [-0.3, -0.25) is 0 Å². The van der Waals surface area contributed by atoms with Crippen LogP contribution in [0.15, 0.2) is 20.0 Å². The molecule has 1 aromatic heterocycles. The van der Waals surface area contributed by atoms with Crippen LogP contribution in [-0.2, 0) is 10.0 Å². The van der Waals surface area contributed by atoms with Gasteiger partial charge < -0.3 is 9.52 Å². The molecule has 1 aliphatic heterocycles. The zero-order valence-electron chi connectivity index (χ0n) is 11.2. The summed E-state index contributed by atoms with van der Waals surface area (Å²) in [5.74, 6) is -1.69. The van der Waals surface area contributed by atoms with Gasteiger partial charge in [0.1, 0.15) is 4.90 Å². The fraction of sp³-hybridized carbons (Fsp3) is 0.583. The van der Waals surface area contributed by atoms with Crippen LogP contribution < -0.4 is 0 Å². The molecule has 0 spiro atoms. The zero-order chi connectivity index (χ0) is 15.1. The Hall–Kier alpha value is -0.860. The summed E-state index contributed by atoms with van der Waals surface area (Å²) in [4.78, 5) is 10.7. The maximum absolute atomic E-state index is 12.5. The van der Waals surface area contributed by atoms with Gasteiger partial charge in [-0.2, -0.15) is 4.31 Å². The number of nitrogens with zero attached hydrogens (tertiary/aromatic N) is 1. The number of piperidine rings is 1. The summed E-state index contributed by atoms with van der Waals surface area (Å²) in [5, 5.41) is 8.84. The Morgan fingerprint density at radius 2 is 1.95 bits per heavy atom. The first kappa shape index (κ1) is 15.5. The van der Waals surface area contributed by atoms with E-state index in [1.54, 1.807) is 0 Å². The maximum Gasteiger partial charge on any atom is 0.371 e. The minimum absolute atomic E-state index is 0.0697. The van der Waals surface area contributed by atoms with E-state index in [2.05, 4.69) is 29.8 Å². The summed E-state index contributed by atoms with van der Waals surface area (Å²) >= 11 is 2.97. The van der Waals surface area contributed by atoms with E-state index in [1.165, 1.54) is 4.31 Å². The predicted molar refractivity (Wildman–Crippen MR) is 75.1 cm³/mol. The Morgan fingerprint density at radius 1 is 1.40 bits per heavy atom. The minimum Gasteiger partial charge on any atom is -0.475 e. The molecule has 0 atom stereocenters. The number of halogens is 1. The molecule has 1 N–H and O–H groups in total. The van der Waals surface area contributed by atoms with Crippen molar-refractivity contribution in [1.82, 2.24) is 4.31 Å². The summed E-state index contributed by atoms with van der Waals surface area (Å²) in [6, 6.07) is 1.04. The van der Waals surface area contributed by atoms with Crippen LogP contribution >= 0.6 is 15.9 Å². The smallest absolute Gasteiger partial charge is 0.371 e. The molecule has 2 heterocycles. The van der Waals surface area contributed by atoms with Gasteiger partial charge in [0.2, 0.25) is 15.8 Å². The van der Waals surface area contributed by atoms with E-state index >= 15 is 0 Å². The standard InChI is InChI=1S/C12H16BrNO5S/c1-12(2)3-5-14(6-4-12)20(17,18)9-7-8(11(15)16)19-10(9)13/h7H,3-6H2,1-2H3,(H,15,16). The summed E-state index contributed by atoms with van der Waals surface area (Å²) in [6.07, 6.45) is 1.54. The molecule has 1 saturated heterocycles. The molecule has 0 unspecified atom stereocenters. The maximum atomic E-state index is 12.5. The van der Waals surface area contributed by atoms with Crippen LogP contribution in [0.1, 0.15) is 37.2 Å². The molecule has 8 heteroatoms. The van der Waals surface area contributed by atoms with E-state index in [0.717, 1.165) is 18.9 Å². The second kappa shape index (κ2) is 5.16. The molecule has 0 amide bonds. The third-order valence-electron chi connectivity index (χ3n) is 3.56. The largest absolute Gasteiger partial charge is 0.475 e. The van der Waals surface area contributed by atoms with Crippen LogP contribution in [-0.4, -0.2) is 36.9 Å². The Morgan fingerprint density at radius 3 is 2.40 bits per heavy atom. The zero-order valence-corrected chi connectivity index (χ0v) is 13.6. The average molecular weight is 366 g/mol. The van der Waals surface area contributed by atoms with Crippen molar-refractivity contribution in [3.05, 3.63) is 16.5 Å². The number of carboxylic acids is 1. The summed E-state index contributed by atoms with van der Waals surface area (Å²) in [5.41, 5.74) is 0.131. The lowest BCUT2D eigenvalue weighted by atomic mass is 9.83. The van der Waals surface area contributed by atoms with Gasteiger partial charge in [0, 0.05) is 19.2 Å². The normalized spacial score (nSPS) is 19.9. The molecule has 0 radical (unpaired) electrons. The molecule has 0 aromatic carbocycles. The number of sulfonamides is 1. The Labute approximate surface area is 125 Å². The molecule has 2 rings (SSSR count). The fourth-order valence-corrected chi connectivity index (χ4v) is 4.45. The van der Waals surface area contributed by atoms with Crippen molar-refractivity contribution in [3.8, 4) is 0 Å². The molecule has 1 fully saturated rings. The minimum atomic E-state index is -3.73. The Balaban J connectivity index is 2.29. The van der Waals surface area contributed by atoms with Gasteiger partial charge in [0.25, 0.3) is 0 Å². The second-order valence-electron chi connectivity index (χ2n) is 5.62. The van der Waals surface area contributed by atoms with Crippen LogP contribution in [0.2, 0.25) is 0 Å². The van der Waals surface area contributed by atoms with Gasteiger partial charge in [-0.05, 0) is 34.2 Å². The van der Waals surface area contributed by atoms with E-state index in [-0.39, 0.29) is 15.0 Å². The number of rotatable bonds is 3. The van der Waals surface area contributed by atoms with Crippen molar-refractivity contribution in [2.24, 2.45) is 5.41 Å². The third-order valence-corrected chi connectivity index (χ3v) is 6.32. The van der Waals surface area contributed by atoms with Crippen molar-refractivity contribution < 1.29 is 22.7 Å². The monoisotopic (exact) mass is 365 g/mol. The molecule has 0 bridgehead atoms. The molecular formula is C12H16BrNO5S. The molecule has 6 nitrogen and oxygen atoms in total. The first-order valence-corrected chi connectivity index (χ1v) is 8.39. The van der Waals surface area contributed by atoms with Gasteiger partial charge in [-0.15, -0.1) is 0 Å². The van der Waals surface area contributed by atoms with Gasteiger partial charge in [0.05, 0.1) is 0 Å². The van der Waals surface area contributed by atoms with E-state index < -0.39 is 21.8 Å². The summed E-state index contributed by atoms with van der Waals surface area (Å²) in [6.45, 7) is 5.06. The molecule has 0 aliphatic carbocycles. The van der Waals surface area contributed by atoms with Gasteiger partial charge in [-0.25, -0.2) is 13.2 Å². The van der Waals surface area contributed by atoms with E-state index in [1.807, 2.05) is 0 Å². The van der Waals surface area contributed by atoms with Crippen LogP contribution in [0, 0.1) is 5.41 Å². The van der Waals surface area contributed by atoms with Gasteiger partial charge >= 0.3 is 5.97 Å². The number of carboxylic acid groups (broad SMARTS) is 1. The van der Waals surface area contributed by atoms with Crippen LogP contribution in [0.4, 0.5) is 0 Å². The lowest BCUT2D eigenvalue weighted by Crippen LogP contribution is -2.41. The van der Waals surface area contributed by atoms with Gasteiger partial charge in [-0.1, -0.05) is 13.8 Å². The number of hydrogen-bond acceptors (Lipinski definition) is 4. The lowest BCUT2D eigenvalue weighted by molar-refractivity contribution is 0.0661. The van der Waals surface area contributed by atoms with Crippen LogP contribution in [0.3, 0.4) is 0 Å². The highest BCUT2D eigenvalue weighted by Crippen LogP contribution is 2.35. The van der Waals surface area contributed by atoms with Crippen LogP contribution in [0.5, 0.6) is 0 Å². The first-order chi connectivity index (χ1) is 9.13. The van der Waals surface area contributed by atoms with E-state index in [9.17, 15) is 13.2 Å². The van der Waals surface area contributed by atoms with Crippen molar-refractivity contribution >= 4 is 31.9 Å². The summed E-state index contributed by atoms with van der Waals surface area (Å²) < 4.78 is 31.2. The highest BCUT2D eigenvalue weighted by Gasteiger charge is 2.35. The third kappa shape index (κ3) is 2.91. The molecular weight excluding hydrogens is 350 g/mol. The number of hydrogen-bond donors (Lipinski definition) is 1. The number of furan rings is 1. The van der Waals surface area contributed by atoms with Gasteiger partial charge in [0.15, 0.2) is 4.67 Å². The van der Waals surface area contributed by atoms with E-state index in [0.29, 0.717) is 13.1 Å².